The van der Waals surface area contributed by atoms with Crippen molar-refractivity contribution < 1.29 is 33.4 Å². The van der Waals surface area contributed by atoms with E-state index in [1.165, 1.54) is 12.1 Å². The topological polar surface area (TPSA) is 119 Å². The van der Waals surface area contributed by atoms with Crippen LogP contribution in [0.1, 0.15) is 35.7 Å². The number of nitrogens with one attached hydrogen (secondary N) is 1. The first kappa shape index (κ1) is 26.3. The first-order chi connectivity index (χ1) is 18.9. The van der Waals surface area contributed by atoms with Crippen LogP contribution < -0.4 is 5.32 Å². The van der Waals surface area contributed by atoms with E-state index in [1.54, 1.807) is 12.1 Å². The number of hydrogen-bond acceptors (Lipinski definition) is 7. The Balaban J connectivity index is 1.24. The summed E-state index contributed by atoms with van der Waals surface area (Å²) in [5, 5.41) is 2.61. The number of fused-ring (bicyclic) bond motifs is 5. The van der Waals surface area contributed by atoms with Crippen molar-refractivity contribution >= 4 is 35.3 Å². The number of likely N-dealkylation sites (tertiary alicyclic amines) is 1. The first-order valence-electron chi connectivity index (χ1n) is 13.2. The molecule has 5 atom stereocenters. The molecule has 1 N–H and O–H groups in total. The average molecular weight is 531 g/mol. The quantitative estimate of drug-likeness (QED) is 0.285. The fourth-order valence-electron chi connectivity index (χ4n) is 5.75. The molecule has 5 rings (SSSR count). The molecule has 39 heavy (non-hydrogen) atoms. The Hall–Kier alpha value is -4.27. The number of allylic oxidation sites excluding steroid dienone is 2. The van der Waals surface area contributed by atoms with Crippen LogP contribution in [0.2, 0.25) is 0 Å². The number of hydrogen-bond donors (Lipinski definition) is 1. The minimum atomic E-state index is -1.17. The number of anilines is 1. The van der Waals surface area contributed by atoms with Crippen molar-refractivity contribution in [3.05, 3.63) is 77.9 Å². The second-order valence-corrected chi connectivity index (χ2v) is 10.1. The molecular weight excluding hydrogens is 500 g/mol. The molecule has 2 fully saturated rings. The number of rotatable bonds is 10. The Morgan fingerprint density at radius 3 is 2.18 bits per heavy atom. The van der Waals surface area contributed by atoms with E-state index in [4.69, 9.17) is 9.47 Å². The van der Waals surface area contributed by atoms with Crippen molar-refractivity contribution in [1.29, 1.82) is 0 Å². The maximum atomic E-state index is 13.4. The number of carbonyl (C=O) groups is 5. The molecule has 2 aliphatic carbocycles. The Kier molecular flexibility index (Phi) is 7.58. The van der Waals surface area contributed by atoms with E-state index >= 15 is 0 Å². The molecule has 2 aromatic rings. The molecule has 3 aliphatic rings. The summed E-state index contributed by atoms with van der Waals surface area (Å²) in [6.07, 6.45) is 5.59. The number of ether oxygens (including phenoxy) is 2. The summed E-state index contributed by atoms with van der Waals surface area (Å²) in [6.45, 7) is 1.62. The molecule has 0 aromatic heterocycles. The molecule has 2 bridgehead atoms. The fraction of sp³-hybridized carbons (Fsp3) is 0.367. The summed E-state index contributed by atoms with van der Waals surface area (Å²) in [4.78, 5) is 65.6. The number of esters is 2. The number of carbonyl (C=O) groups excluding carboxylic acids is 5. The van der Waals surface area contributed by atoms with Gasteiger partial charge >= 0.3 is 11.9 Å². The van der Waals surface area contributed by atoms with Gasteiger partial charge in [-0.25, -0.2) is 9.59 Å². The first-order valence-corrected chi connectivity index (χ1v) is 13.2. The van der Waals surface area contributed by atoms with Crippen molar-refractivity contribution in [2.24, 2.45) is 23.7 Å². The predicted molar refractivity (Wildman–Crippen MR) is 140 cm³/mol. The molecule has 1 heterocycles. The number of nitrogens with zero attached hydrogens (tertiary/aromatic N) is 1. The van der Waals surface area contributed by atoms with Gasteiger partial charge in [-0.05, 0) is 54.5 Å². The smallest absolute Gasteiger partial charge is 0.338 e. The normalized spacial score (nSPS) is 23.5. The van der Waals surface area contributed by atoms with Crippen LogP contribution in [0.4, 0.5) is 5.69 Å². The van der Waals surface area contributed by atoms with Gasteiger partial charge < -0.3 is 14.8 Å². The molecular formula is C30H30N2O7. The van der Waals surface area contributed by atoms with Gasteiger partial charge in [0.25, 0.3) is 5.91 Å². The van der Waals surface area contributed by atoms with E-state index < -0.39 is 42.3 Å². The van der Waals surface area contributed by atoms with Gasteiger partial charge in [0, 0.05) is 12.1 Å². The summed E-state index contributed by atoms with van der Waals surface area (Å²) in [5.74, 6) is -3.41. The fourth-order valence-corrected chi connectivity index (χ4v) is 5.75. The van der Waals surface area contributed by atoms with Gasteiger partial charge in [0.2, 0.25) is 11.8 Å². The lowest BCUT2D eigenvalue weighted by Crippen LogP contribution is -2.48. The average Bonchev–Trinajstić information content (AvgIpc) is 3.64. The van der Waals surface area contributed by atoms with E-state index in [2.05, 4.69) is 5.32 Å². The second kappa shape index (κ2) is 11.2. The van der Waals surface area contributed by atoms with Crippen LogP contribution in [0.5, 0.6) is 0 Å². The molecule has 1 saturated heterocycles. The van der Waals surface area contributed by atoms with E-state index in [-0.39, 0.29) is 30.1 Å². The lowest BCUT2D eigenvalue weighted by molar-refractivity contribution is -0.160. The van der Waals surface area contributed by atoms with Crippen molar-refractivity contribution in [3.63, 3.8) is 0 Å². The highest BCUT2D eigenvalue weighted by atomic mass is 16.5. The van der Waals surface area contributed by atoms with Gasteiger partial charge in [0.05, 0.1) is 24.0 Å². The third-order valence-corrected chi connectivity index (χ3v) is 7.55. The van der Waals surface area contributed by atoms with Crippen LogP contribution in [0.15, 0.2) is 66.7 Å². The molecule has 9 heteroatoms. The van der Waals surface area contributed by atoms with E-state index in [0.29, 0.717) is 24.3 Å². The zero-order valence-electron chi connectivity index (χ0n) is 21.6. The van der Waals surface area contributed by atoms with Gasteiger partial charge in [-0.3, -0.25) is 19.3 Å². The van der Waals surface area contributed by atoms with Crippen LogP contribution in [-0.2, 0) is 35.1 Å². The largest absolute Gasteiger partial charge is 0.462 e. The van der Waals surface area contributed by atoms with Crippen molar-refractivity contribution in [3.8, 4) is 0 Å². The van der Waals surface area contributed by atoms with Crippen LogP contribution in [0.3, 0.4) is 0 Å². The second-order valence-electron chi connectivity index (χ2n) is 10.1. The minimum absolute atomic E-state index is 0.0144. The highest BCUT2D eigenvalue weighted by molar-refractivity contribution is 6.09. The highest BCUT2D eigenvalue weighted by Crippen LogP contribution is 2.53. The Morgan fingerprint density at radius 2 is 1.56 bits per heavy atom. The van der Waals surface area contributed by atoms with Crippen molar-refractivity contribution in [1.82, 2.24) is 4.90 Å². The molecule has 1 saturated carbocycles. The lowest BCUT2D eigenvalue weighted by Gasteiger charge is -2.26. The molecule has 0 spiro atoms. The maximum Gasteiger partial charge on any atom is 0.338 e. The summed E-state index contributed by atoms with van der Waals surface area (Å²) in [6, 6.07) is 14.1. The van der Waals surface area contributed by atoms with Crippen molar-refractivity contribution in [2.45, 2.75) is 32.2 Å². The molecule has 9 nitrogen and oxygen atoms in total. The van der Waals surface area contributed by atoms with E-state index in [9.17, 15) is 24.0 Å². The number of amides is 3. The van der Waals surface area contributed by atoms with E-state index in [0.717, 1.165) is 16.9 Å². The van der Waals surface area contributed by atoms with Gasteiger partial charge in [-0.2, -0.15) is 0 Å². The highest BCUT2D eigenvalue weighted by Gasteiger charge is 2.61. The third kappa shape index (κ3) is 5.34. The summed E-state index contributed by atoms with van der Waals surface area (Å²) < 4.78 is 10.4. The van der Waals surface area contributed by atoms with Crippen LogP contribution in [0.25, 0.3) is 0 Å². The van der Waals surface area contributed by atoms with Crippen LogP contribution >= 0.6 is 0 Å². The number of imide groups is 1. The third-order valence-electron chi connectivity index (χ3n) is 7.55. The molecule has 202 valence electrons. The SMILES string of the molecule is CCCOC(=O)c1ccc(NC(=O)COC(=O)[C@@H](Cc2ccccc2)N2C(=O)[C@@H]3[C@H](C2=O)[C@H]2C=C[C@H]3C2)cc1. The summed E-state index contributed by atoms with van der Waals surface area (Å²) in [5.41, 5.74) is 1.52. The molecule has 3 amide bonds. The predicted octanol–water partition coefficient (Wildman–Crippen LogP) is 3.15. The van der Waals surface area contributed by atoms with Gasteiger partial charge in [0.1, 0.15) is 6.04 Å². The summed E-state index contributed by atoms with van der Waals surface area (Å²) in [7, 11) is 0. The Labute approximate surface area is 226 Å². The monoisotopic (exact) mass is 530 g/mol. The molecule has 2 aromatic carbocycles. The Morgan fingerprint density at radius 1 is 0.923 bits per heavy atom. The minimum Gasteiger partial charge on any atom is -0.462 e. The van der Waals surface area contributed by atoms with Gasteiger partial charge in [-0.15, -0.1) is 0 Å². The maximum absolute atomic E-state index is 13.4. The Bertz CT molecular complexity index is 1270. The molecule has 0 unspecified atom stereocenters. The van der Waals surface area contributed by atoms with Gasteiger partial charge in [0.15, 0.2) is 6.61 Å². The zero-order chi connectivity index (χ0) is 27.5. The van der Waals surface area contributed by atoms with Crippen LogP contribution in [-0.4, -0.2) is 53.8 Å². The van der Waals surface area contributed by atoms with E-state index in [1.807, 2.05) is 49.4 Å². The zero-order valence-corrected chi connectivity index (χ0v) is 21.6. The lowest BCUT2D eigenvalue weighted by atomic mass is 9.85. The standard InChI is InChI=1S/C30H30N2O7/c1-2-14-38-29(36)19-10-12-22(13-11-19)31-24(33)17-39-30(37)23(15-18-6-4-3-5-7-18)32-27(34)25-20-8-9-21(16-20)26(25)28(32)35/h3-13,20-21,23,25-26H,2,14-17H2,1H3,(H,31,33)/t20-,21-,23+,25-,26+/m0/s1. The molecule has 0 radical (unpaired) electrons. The molecule has 1 aliphatic heterocycles. The summed E-state index contributed by atoms with van der Waals surface area (Å²) >= 11 is 0. The van der Waals surface area contributed by atoms with Crippen molar-refractivity contribution in [2.75, 3.05) is 18.5 Å². The van der Waals surface area contributed by atoms with Crippen LogP contribution in [0, 0.1) is 23.7 Å². The van der Waals surface area contributed by atoms with Gasteiger partial charge in [-0.1, -0.05) is 49.4 Å². The number of benzene rings is 2.